The fourth-order valence-corrected chi connectivity index (χ4v) is 1.69. The van der Waals surface area contributed by atoms with Crippen LogP contribution in [0.4, 0.5) is 5.69 Å². The number of nitrogens with zero attached hydrogens (tertiary/aromatic N) is 1. The van der Waals surface area contributed by atoms with Crippen LogP contribution in [0.15, 0.2) is 17.1 Å². The van der Waals surface area contributed by atoms with Crippen molar-refractivity contribution >= 4 is 12.0 Å². The average Bonchev–Trinajstić information content (AvgIpc) is 2.15. The summed E-state index contributed by atoms with van der Waals surface area (Å²) in [7, 11) is 0. The molecule has 0 heterocycles. The molecule has 3 nitrogen and oxygen atoms in total. The van der Waals surface area contributed by atoms with E-state index in [9.17, 15) is 0 Å². The third-order valence-corrected chi connectivity index (χ3v) is 2.61. The van der Waals surface area contributed by atoms with E-state index in [0.717, 1.165) is 16.8 Å². The Hall–Kier alpha value is -1.35. The molecule has 0 aromatic heterocycles. The molecule has 1 aromatic carbocycles. The van der Waals surface area contributed by atoms with Gasteiger partial charge < -0.3 is 0 Å². The molecular formula is C13H20N2O. The molecule has 0 aliphatic heterocycles. The summed E-state index contributed by atoms with van der Waals surface area (Å²) in [6, 6.07) is 4.30. The van der Waals surface area contributed by atoms with Gasteiger partial charge in [-0.2, -0.15) is 0 Å². The van der Waals surface area contributed by atoms with E-state index in [4.69, 9.17) is 5.21 Å². The predicted octanol–water partition coefficient (Wildman–Crippen LogP) is 3.24. The average molecular weight is 220 g/mol. The number of aliphatic imine (C=N–C) groups is 1. The molecule has 88 valence electrons. The number of rotatable bonds is 2. The van der Waals surface area contributed by atoms with Gasteiger partial charge >= 0.3 is 0 Å². The first-order valence-electron chi connectivity index (χ1n) is 5.40. The summed E-state index contributed by atoms with van der Waals surface area (Å²) in [5.41, 5.74) is 6.53. The van der Waals surface area contributed by atoms with Crippen molar-refractivity contribution in [3.63, 3.8) is 0 Å². The second-order valence-electron chi connectivity index (χ2n) is 5.10. The minimum atomic E-state index is 0.146. The predicted molar refractivity (Wildman–Crippen MR) is 67.7 cm³/mol. The van der Waals surface area contributed by atoms with Crippen LogP contribution in [0.1, 0.15) is 37.5 Å². The monoisotopic (exact) mass is 220 g/mol. The summed E-state index contributed by atoms with van der Waals surface area (Å²) in [4.78, 5) is 4.16. The highest BCUT2D eigenvalue weighted by molar-refractivity contribution is 5.65. The van der Waals surface area contributed by atoms with Gasteiger partial charge in [0.05, 0.1) is 5.69 Å². The minimum absolute atomic E-state index is 0.146. The molecule has 0 fully saturated rings. The van der Waals surface area contributed by atoms with Crippen LogP contribution in [0.3, 0.4) is 0 Å². The number of hydrogen-bond donors (Lipinski definition) is 2. The largest absolute Gasteiger partial charge is 0.290 e. The first-order chi connectivity index (χ1) is 7.36. The van der Waals surface area contributed by atoms with E-state index in [1.54, 1.807) is 0 Å². The zero-order valence-electron chi connectivity index (χ0n) is 10.6. The zero-order valence-corrected chi connectivity index (χ0v) is 10.6. The highest BCUT2D eigenvalue weighted by Gasteiger charge is 2.15. The lowest BCUT2D eigenvalue weighted by Crippen LogP contribution is -2.11. The van der Waals surface area contributed by atoms with Gasteiger partial charge in [-0.1, -0.05) is 32.9 Å². The molecule has 0 bridgehead atoms. The fourth-order valence-electron chi connectivity index (χ4n) is 1.69. The van der Waals surface area contributed by atoms with Gasteiger partial charge in [-0.3, -0.25) is 10.7 Å². The lowest BCUT2D eigenvalue weighted by atomic mass is 9.85. The van der Waals surface area contributed by atoms with E-state index in [1.165, 1.54) is 11.9 Å². The van der Waals surface area contributed by atoms with E-state index in [0.29, 0.717) is 0 Å². The van der Waals surface area contributed by atoms with E-state index in [2.05, 4.69) is 37.9 Å². The molecule has 0 radical (unpaired) electrons. The van der Waals surface area contributed by atoms with Crippen molar-refractivity contribution in [2.24, 2.45) is 4.99 Å². The summed E-state index contributed by atoms with van der Waals surface area (Å²) < 4.78 is 0. The Morgan fingerprint density at radius 2 is 1.69 bits per heavy atom. The summed E-state index contributed by atoms with van der Waals surface area (Å²) in [6.07, 6.45) is 1.28. The molecule has 3 heteroatoms. The number of hydrogen-bond acceptors (Lipinski definition) is 2. The molecular weight excluding hydrogens is 200 g/mol. The molecule has 1 rings (SSSR count). The van der Waals surface area contributed by atoms with Gasteiger partial charge in [0.2, 0.25) is 0 Å². The van der Waals surface area contributed by atoms with Crippen LogP contribution >= 0.6 is 0 Å². The lowest BCUT2D eigenvalue weighted by Gasteiger charge is -2.21. The van der Waals surface area contributed by atoms with Crippen LogP contribution < -0.4 is 5.48 Å². The third-order valence-electron chi connectivity index (χ3n) is 2.61. The van der Waals surface area contributed by atoms with Gasteiger partial charge in [0.1, 0.15) is 6.34 Å². The quantitative estimate of drug-likeness (QED) is 0.456. The van der Waals surface area contributed by atoms with E-state index in [1.807, 2.05) is 19.3 Å². The van der Waals surface area contributed by atoms with Crippen molar-refractivity contribution in [1.82, 2.24) is 5.48 Å². The van der Waals surface area contributed by atoms with Gasteiger partial charge in [0.15, 0.2) is 0 Å². The molecule has 0 unspecified atom stereocenters. The first-order valence-corrected chi connectivity index (χ1v) is 5.40. The van der Waals surface area contributed by atoms with E-state index >= 15 is 0 Å². The smallest absolute Gasteiger partial charge is 0.113 e. The van der Waals surface area contributed by atoms with Gasteiger partial charge in [0, 0.05) is 0 Å². The molecule has 16 heavy (non-hydrogen) atoms. The standard InChI is InChI=1S/C13H20N2O/c1-9-6-11(13(3,4)5)7-10(2)12(9)14-8-15-16/h6-8,16H,1-5H3,(H,14,15). The Labute approximate surface area is 97.2 Å². The van der Waals surface area contributed by atoms with E-state index in [-0.39, 0.29) is 5.41 Å². The Bertz CT molecular complexity index is 380. The van der Waals surface area contributed by atoms with E-state index < -0.39 is 0 Å². The van der Waals surface area contributed by atoms with Crippen LogP contribution in [0.5, 0.6) is 0 Å². The molecule has 0 spiro atoms. The lowest BCUT2D eigenvalue weighted by molar-refractivity contribution is 0.240. The molecule has 2 N–H and O–H groups in total. The van der Waals surface area contributed by atoms with Gasteiger partial charge in [-0.25, -0.2) is 4.99 Å². The Balaban J connectivity index is 3.23. The van der Waals surface area contributed by atoms with Gasteiger partial charge in [-0.15, -0.1) is 0 Å². The maximum absolute atomic E-state index is 8.49. The van der Waals surface area contributed by atoms with Crippen molar-refractivity contribution in [2.45, 2.75) is 40.0 Å². The summed E-state index contributed by atoms with van der Waals surface area (Å²) in [5, 5.41) is 8.49. The second kappa shape index (κ2) is 4.66. The number of benzene rings is 1. The first kappa shape index (κ1) is 12.7. The van der Waals surface area contributed by atoms with Gasteiger partial charge in [-0.05, 0) is 36.0 Å². The topological polar surface area (TPSA) is 44.6 Å². The maximum Gasteiger partial charge on any atom is 0.113 e. The zero-order chi connectivity index (χ0) is 12.3. The normalized spacial score (nSPS) is 12.1. The summed E-state index contributed by atoms with van der Waals surface area (Å²) >= 11 is 0. The van der Waals surface area contributed by atoms with Crippen LogP contribution in [-0.2, 0) is 5.41 Å². The maximum atomic E-state index is 8.49. The molecule has 0 saturated carbocycles. The fraction of sp³-hybridized carbons (Fsp3) is 0.462. The van der Waals surface area contributed by atoms with Crippen LogP contribution in [-0.4, -0.2) is 11.5 Å². The number of aryl methyl sites for hydroxylation is 2. The Morgan fingerprint density at radius 1 is 1.19 bits per heavy atom. The summed E-state index contributed by atoms with van der Waals surface area (Å²) in [5.74, 6) is 0. The molecule has 0 saturated heterocycles. The molecule has 0 aliphatic rings. The van der Waals surface area contributed by atoms with Crippen LogP contribution in [0.2, 0.25) is 0 Å². The molecule has 0 atom stereocenters. The van der Waals surface area contributed by atoms with Crippen molar-refractivity contribution < 1.29 is 5.21 Å². The number of hydroxylamine groups is 1. The Morgan fingerprint density at radius 3 is 2.06 bits per heavy atom. The van der Waals surface area contributed by atoms with Crippen molar-refractivity contribution in [3.8, 4) is 0 Å². The number of nitrogens with one attached hydrogen (secondary N) is 1. The highest BCUT2D eigenvalue weighted by Crippen LogP contribution is 2.30. The molecule has 0 amide bonds. The van der Waals surface area contributed by atoms with Crippen molar-refractivity contribution in [1.29, 1.82) is 0 Å². The SMILES string of the molecule is Cc1cc(C(C)(C)C)cc(C)c1N=CNO. The molecule has 0 aliphatic carbocycles. The highest BCUT2D eigenvalue weighted by atomic mass is 16.5. The van der Waals surface area contributed by atoms with Crippen molar-refractivity contribution in [2.75, 3.05) is 0 Å². The van der Waals surface area contributed by atoms with Crippen molar-refractivity contribution in [3.05, 3.63) is 28.8 Å². The van der Waals surface area contributed by atoms with Gasteiger partial charge in [0.25, 0.3) is 0 Å². The van der Waals surface area contributed by atoms with Crippen LogP contribution in [0.25, 0.3) is 0 Å². The second-order valence-corrected chi connectivity index (χ2v) is 5.10. The minimum Gasteiger partial charge on any atom is -0.290 e. The summed E-state index contributed by atoms with van der Waals surface area (Å²) in [6.45, 7) is 10.6. The van der Waals surface area contributed by atoms with Crippen LogP contribution in [0, 0.1) is 13.8 Å². The third kappa shape index (κ3) is 2.83. The molecule has 1 aromatic rings. The Kier molecular flexibility index (Phi) is 3.70.